The lowest BCUT2D eigenvalue weighted by atomic mass is 10.1. The van der Waals surface area contributed by atoms with Crippen LogP contribution in [0.25, 0.3) is 0 Å². The normalized spacial score (nSPS) is 17.2. The number of nitrogens with zero attached hydrogens (tertiary/aromatic N) is 2. The summed E-state index contributed by atoms with van der Waals surface area (Å²) in [5.74, 6) is -0.421. The van der Waals surface area contributed by atoms with E-state index in [2.05, 4.69) is 62.0 Å². The number of Topliss-reactive ketones (excluding diaryl/α,β-unsaturated/α-hetero) is 1. The Bertz CT molecular complexity index is 831. The van der Waals surface area contributed by atoms with Gasteiger partial charge >= 0.3 is 0 Å². The molecule has 1 aliphatic heterocycles. The summed E-state index contributed by atoms with van der Waals surface area (Å²) >= 11 is 2.49. The second-order valence-corrected chi connectivity index (χ2v) is 8.50. The van der Waals surface area contributed by atoms with Gasteiger partial charge in [0.15, 0.2) is 5.78 Å². The van der Waals surface area contributed by atoms with E-state index in [1.165, 1.54) is 5.69 Å². The van der Waals surface area contributed by atoms with Gasteiger partial charge in [0, 0.05) is 43.0 Å². The Morgan fingerprint density at radius 1 is 1.10 bits per heavy atom. The third-order valence-corrected chi connectivity index (χ3v) is 6.19. The zero-order valence-corrected chi connectivity index (χ0v) is 18.4. The molecule has 0 aromatic heterocycles. The number of amides is 1. The quantitative estimate of drug-likeness (QED) is 0.249. The Labute approximate surface area is 185 Å². The number of para-hydroxylation sites is 1. The smallest absolute Gasteiger partial charge is 0.250 e. The number of hydrogen-bond donors (Lipinski definition) is 2. The van der Waals surface area contributed by atoms with Crippen LogP contribution in [0.2, 0.25) is 0 Å². The van der Waals surface area contributed by atoms with Crippen molar-refractivity contribution in [3.8, 4) is 0 Å². The van der Waals surface area contributed by atoms with Crippen LogP contribution in [-0.4, -0.2) is 58.5 Å². The summed E-state index contributed by atoms with van der Waals surface area (Å²) in [4.78, 5) is 28.7. The van der Waals surface area contributed by atoms with Gasteiger partial charge in [-0.3, -0.25) is 14.5 Å². The molecule has 0 aliphatic carbocycles. The number of anilines is 2. The van der Waals surface area contributed by atoms with E-state index >= 15 is 0 Å². The standard InChI is InChI=1S/C22H26IN3O3/c23-21-15-26(19-8-2-1-3-9-19)13-12-25(21)11-5-10-20(28)17-6-4-7-18(14-17)24-22(29)16-27/h1-4,6-9,14,21,27H,5,10-13,15-16H2,(H,24,29). The highest BCUT2D eigenvalue weighted by atomic mass is 127. The van der Waals surface area contributed by atoms with Crippen molar-refractivity contribution >= 4 is 45.7 Å². The summed E-state index contributed by atoms with van der Waals surface area (Å²) in [6, 6.07) is 17.3. The fourth-order valence-electron chi connectivity index (χ4n) is 3.46. The Balaban J connectivity index is 1.46. The maximum absolute atomic E-state index is 12.5. The number of aliphatic hydroxyl groups excluding tert-OH is 1. The molecule has 0 bridgehead atoms. The van der Waals surface area contributed by atoms with Crippen molar-refractivity contribution in [3.05, 3.63) is 60.2 Å². The lowest BCUT2D eigenvalue weighted by molar-refractivity contribution is -0.118. The third kappa shape index (κ3) is 6.25. The average Bonchev–Trinajstić information content (AvgIpc) is 2.75. The molecule has 0 radical (unpaired) electrons. The van der Waals surface area contributed by atoms with Crippen LogP contribution in [-0.2, 0) is 4.79 Å². The summed E-state index contributed by atoms with van der Waals surface area (Å²) < 4.78 is 0.411. The van der Waals surface area contributed by atoms with E-state index < -0.39 is 12.5 Å². The van der Waals surface area contributed by atoms with Gasteiger partial charge < -0.3 is 15.3 Å². The van der Waals surface area contributed by atoms with Crippen molar-refractivity contribution in [2.75, 3.05) is 43.0 Å². The first-order valence-corrected chi connectivity index (χ1v) is 11.0. The second-order valence-electron chi connectivity index (χ2n) is 7.07. The van der Waals surface area contributed by atoms with Crippen molar-refractivity contribution in [1.82, 2.24) is 4.90 Å². The number of piperazine rings is 1. The van der Waals surface area contributed by atoms with Crippen LogP contribution in [0.5, 0.6) is 0 Å². The fraction of sp³-hybridized carbons (Fsp3) is 0.364. The van der Waals surface area contributed by atoms with E-state index in [-0.39, 0.29) is 5.78 Å². The number of ketones is 1. The minimum Gasteiger partial charge on any atom is -0.387 e. The molecule has 2 N–H and O–H groups in total. The maximum Gasteiger partial charge on any atom is 0.250 e. The summed E-state index contributed by atoms with van der Waals surface area (Å²) in [6.45, 7) is 3.27. The van der Waals surface area contributed by atoms with Crippen molar-refractivity contribution in [3.63, 3.8) is 0 Å². The largest absolute Gasteiger partial charge is 0.387 e. The van der Waals surface area contributed by atoms with E-state index in [1.807, 2.05) is 6.07 Å². The van der Waals surface area contributed by atoms with Gasteiger partial charge in [0.1, 0.15) is 6.61 Å². The monoisotopic (exact) mass is 507 g/mol. The van der Waals surface area contributed by atoms with Crippen molar-refractivity contribution in [1.29, 1.82) is 0 Å². The molecule has 1 saturated heterocycles. The zero-order chi connectivity index (χ0) is 20.6. The first-order chi connectivity index (χ1) is 14.1. The summed E-state index contributed by atoms with van der Waals surface area (Å²) in [7, 11) is 0. The number of hydrogen-bond acceptors (Lipinski definition) is 5. The van der Waals surface area contributed by atoms with Crippen LogP contribution in [0.4, 0.5) is 11.4 Å². The maximum atomic E-state index is 12.5. The molecule has 6 nitrogen and oxygen atoms in total. The third-order valence-electron chi connectivity index (χ3n) is 5.01. The molecule has 29 heavy (non-hydrogen) atoms. The van der Waals surface area contributed by atoms with Crippen LogP contribution in [0, 0.1) is 0 Å². The highest BCUT2D eigenvalue weighted by Crippen LogP contribution is 2.22. The SMILES string of the molecule is O=C(CO)Nc1cccc(C(=O)CCCN2CCN(c3ccccc3)CC2I)c1. The molecule has 2 aromatic carbocycles. The Kier molecular flexibility index (Phi) is 8.02. The Morgan fingerprint density at radius 2 is 1.90 bits per heavy atom. The highest BCUT2D eigenvalue weighted by molar-refractivity contribution is 14.1. The van der Waals surface area contributed by atoms with Crippen LogP contribution < -0.4 is 10.2 Å². The predicted molar refractivity (Wildman–Crippen MR) is 124 cm³/mol. The lowest BCUT2D eigenvalue weighted by Crippen LogP contribution is -2.50. The predicted octanol–water partition coefficient (Wildman–Crippen LogP) is 3.16. The van der Waals surface area contributed by atoms with E-state index in [0.717, 1.165) is 32.6 Å². The van der Waals surface area contributed by atoms with E-state index in [0.29, 0.717) is 21.7 Å². The Morgan fingerprint density at radius 3 is 2.62 bits per heavy atom. The van der Waals surface area contributed by atoms with Crippen molar-refractivity contribution in [2.45, 2.75) is 16.9 Å². The van der Waals surface area contributed by atoms with Gasteiger partial charge in [-0.2, -0.15) is 0 Å². The van der Waals surface area contributed by atoms with Crippen LogP contribution in [0.15, 0.2) is 54.6 Å². The molecule has 1 amide bonds. The highest BCUT2D eigenvalue weighted by Gasteiger charge is 2.24. The number of aliphatic hydroxyl groups is 1. The number of carbonyl (C=O) groups excluding carboxylic acids is 2. The number of halogens is 1. The van der Waals surface area contributed by atoms with Crippen LogP contribution in [0.3, 0.4) is 0 Å². The minimum atomic E-state index is -0.576. The van der Waals surface area contributed by atoms with E-state index in [4.69, 9.17) is 5.11 Å². The molecule has 1 fully saturated rings. The first kappa shape index (κ1) is 21.7. The summed E-state index contributed by atoms with van der Waals surface area (Å²) in [6.07, 6.45) is 1.27. The van der Waals surface area contributed by atoms with Gasteiger partial charge in [-0.15, -0.1) is 0 Å². The number of alkyl halides is 1. The van der Waals surface area contributed by atoms with Gasteiger partial charge in [-0.05, 0) is 37.2 Å². The topological polar surface area (TPSA) is 72.9 Å². The van der Waals surface area contributed by atoms with Gasteiger partial charge in [-0.25, -0.2) is 0 Å². The minimum absolute atomic E-state index is 0.0676. The molecule has 1 aliphatic rings. The van der Waals surface area contributed by atoms with Crippen molar-refractivity contribution < 1.29 is 14.7 Å². The van der Waals surface area contributed by atoms with E-state index in [1.54, 1.807) is 24.3 Å². The van der Waals surface area contributed by atoms with E-state index in [9.17, 15) is 9.59 Å². The average molecular weight is 507 g/mol. The molecule has 1 heterocycles. The molecular formula is C22H26IN3O3. The van der Waals surface area contributed by atoms with Gasteiger partial charge in [0.25, 0.3) is 0 Å². The molecule has 1 atom stereocenters. The molecular weight excluding hydrogens is 481 g/mol. The first-order valence-electron chi connectivity index (χ1n) is 9.79. The van der Waals surface area contributed by atoms with Gasteiger partial charge in [0.2, 0.25) is 5.91 Å². The van der Waals surface area contributed by atoms with Gasteiger partial charge in [0.05, 0.1) is 4.05 Å². The molecule has 3 rings (SSSR count). The lowest BCUT2D eigenvalue weighted by Gasteiger charge is -2.40. The molecule has 7 heteroatoms. The fourth-order valence-corrected chi connectivity index (χ4v) is 4.49. The van der Waals surface area contributed by atoms with Crippen molar-refractivity contribution in [2.24, 2.45) is 0 Å². The number of carbonyl (C=O) groups is 2. The van der Waals surface area contributed by atoms with Crippen LogP contribution >= 0.6 is 22.6 Å². The number of rotatable bonds is 8. The van der Waals surface area contributed by atoms with Gasteiger partial charge in [-0.1, -0.05) is 52.9 Å². The molecule has 154 valence electrons. The number of benzene rings is 2. The molecule has 0 spiro atoms. The zero-order valence-electron chi connectivity index (χ0n) is 16.3. The molecule has 2 aromatic rings. The van der Waals surface area contributed by atoms with Crippen LogP contribution in [0.1, 0.15) is 23.2 Å². The Hall–Kier alpha value is -1.97. The summed E-state index contributed by atoms with van der Waals surface area (Å²) in [5.41, 5.74) is 2.37. The second kappa shape index (κ2) is 10.7. The summed E-state index contributed by atoms with van der Waals surface area (Å²) in [5, 5.41) is 11.4. The number of nitrogens with one attached hydrogen (secondary N) is 1. The molecule has 1 unspecified atom stereocenters. The molecule has 0 saturated carbocycles.